The fourth-order valence-electron chi connectivity index (χ4n) is 1.69. The maximum absolute atomic E-state index is 11.7. The highest BCUT2D eigenvalue weighted by molar-refractivity contribution is 5.91. The summed E-state index contributed by atoms with van der Waals surface area (Å²) in [5.41, 5.74) is 7.45. The Morgan fingerprint density at radius 2 is 2.05 bits per heavy atom. The maximum atomic E-state index is 11.7. The van der Waals surface area contributed by atoms with E-state index >= 15 is 0 Å². The summed E-state index contributed by atoms with van der Waals surface area (Å²) in [5, 5.41) is 2.90. The molecular formula is C15H24N2O2. The van der Waals surface area contributed by atoms with Gasteiger partial charge in [0.2, 0.25) is 5.91 Å². The number of aryl methyl sites for hydroxylation is 1. The van der Waals surface area contributed by atoms with Gasteiger partial charge in [0.1, 0.15) is 5.75 Å². The van der Waals surface area contributed by atoms with Gasteiger partial charge in [-0.15, -0.1) is 0 Å². The van der Waals surface area contributed by atoms with Crippen LogP contribution in [0, 0.1) is 6.92 Å². The molecule has 1 atom stereocenters. The van der Waals surface area contributed by atoms with Crippen molar-refractivity contribution in [2.24, 2.45) is 5.73 Å². The number of anilines is 1. The van der Waals surface area contributed by atoms with Crippen LogP contribution in [0.2, 0.25) is 0 Å². The van der Waals surface area contributed by atoms with E-state index < -0.39 is 0 Å². The fraction of sp³-hybridized carbons (Fsp3) is 0.533. The van der Waals surface area contributed by atoms with E-state index in [0.717, 1.165) is 17.0 Å². The van der Waals surface area contributed by atoms with Crippen LogP contribution in [-0.2, 0) is 4.79 Å². The first kappa shape index (κ1) is 15.5. The Morgan fingerprint density at radius 1 is 1.37 bits per heavy atom. The van der Waals surface area contributed by atoms with Gasteiger partial charge in [0, 0.05) is 18.2 Å². The van der Waals surface area contributed by atoms with E-state index in [1.54, 1.807) is 0 Å². The molecule has 4 nitrogen and oxygen atoms in total. The third-order valence-corrected chi connectivity index (χ3v) is 2.67. The molecule has 0 heterocycles. The molecule has 0 bridgehead atoms. The minimum Gasteiger partial charge on any atom is -0.491 e. The Balaban J connectivity index is 2.61. The molecule has 0 radical (unpaired) electrons. The van der Waals surface area contributed by atoms with Gasteiger partial charge in [-0.2, -0.15) is 0 Å². The maximum Gasteiger partial charge on any atom is 0.224 e. The van der Waals surface area contributed by atoms with Crippen molar-refractivity contribution in [2.75, 3.05) is 5.32 Å². The second kappa shape index (κ2) is 7.14. The highest BCUT2D eigenvalue weighted by atomic mass is 16.5. The Bertz CT molecular complexity index is 428. The van der Waals surface area contributed by atoms with Crippen molar-refractivity contribution in [3.05, 3.63) is 23.8 Å². The molecule has 0 aromatic heterocycles. The quantitative estimate of drug-likeness (QED) is 0.830. The Morgan fingerprint density at radius 3 is 2.58 bits per heavy atom. The minimum absolute atomic E-state index is 0.00192. The molecule has 0 aliphatic carbocycles. The summed E-state index contributed by atoms with van der Waals surface area (Å²) in [6, 6.07) is 5.72. The van der Waals surface area contributed by atoms with Crippen LogP contribution in [0.5, 0.6) is 5.75 Å². The van der Waals surface area contributed by atoms with Gasteiger partial charge in [-0.25, -0.2) is 0 Å². The van der Waals surface area contributed by atoms with Crippen LogP contribution in [0.3, 0.4) is 0 Å². The lowest BCUT2D eigenvalue weighted by Crippen LogP contribution is -2.19. The number of ether oxygens (including phenoxy) is 1. The number of nitrogens with one attached hydrogen (secondary N) is 1. The van der Waals surface area contributed by atoms with E-state index in [1.807, 2.05) is 45.9 Å². The summed E-state index contributed by atoms with van der Waals surface area (Å²) in [4.78, 5) is 11.7. The Hall–Kier alpha value is -1.55. The van der Waals surface area contributed by atoms with Gasteiger partial charge in [0.15, 0.2) is 0 Å². The first-order valence-corrected chi connectivity index (χ1v) is 6.71. The topological polar surface area (TPSA) is 64.3 Å². The molecule has 0 aliphatic heterocycles. The second-order valence-corrected chi connectivity index (χ2v) is 5.21. The smallest absolute Gasteiger partial charge is 0.224 e. The number of hydrogen-bond donors (Lipinski definition) is 2. The molecule has 0 spiro atoms. The number of benzene rings is 1. The van der Waals surface area contributed by atoms with Crippen molar-refractivity contribution in [3.8, 4) is 5.75 Å². The van der Waals surface area contributed by atoms with Crippen LogP contribution in [-0.4, -0.2) is 18.1 Å². The predicted molar refractivity (Wildman–Crippen MR) is 78.5 cm³/mol. The molecule has 1 rings (SSSR count). The van der Waals surface area contributed by atoms with Gasteiger partial charge in [-0.05, 0) is 57.9 Å². The molecule has 0 aliphatic rings. The highest BCUT2D eigenvalue weighted by Gasteiger charge is 2.07. The number of amides is 1. The zero-order valence-electron chi connectivity index (χ0n) is 12.2. The molecule has 0 saturated carbocycles. The second-order valence-electron chi connectivity index (χ2n) is 5.21. The average Bonchev–Trinajstić information content (AvgIpc) is 2.29. The van der Waals surface area contributed by atoms with E-state index in [9.17, 15) is 4.79 Å². The summed E-state index contributed by atoms with van der Waals surface area (Å²) in [5.74, 6) is 0.819. The molecule has 3 N–H and O–H groups in total. The van der Waals surface area contributed by atoms with Crippen LogP contribution in [0.15, 0.2) is 18.2 Å². The zero-order chi connectivity index (χ0) is 14.4. The van der Waals surface area contributed by atoms with Crippen LogP contribution in [0.1, 0.15) is 39.2 Å². The molecule has 4 heteroatoms. The predicted octanol–water partition coefficient (Wildman–Crippen LogP) is 2.85. The number of hydrogen-bond acceptors (Lipinski definition) is 3. The van der Waals surface area contributed by atoms with Crippen LogP contribution in [0.4, 0.5) is 5.69 Å². The van der Waals surface area contributed by atoms with Gasteiger partial charge in [-0.1, -0.05) is 0 Å². The molecule has 1 unspecified atom stereocenters. The SMILES string of the molecule is Cc1cc(OC(C)C)ccc1NC(=O)CCC(C)N. The lowest BCUT2D eigenvalue weighted by molar-refractivity contribution is -0.116. The summed E-state index contributed by atoms with van der Waals surface area (Å²) >= 11 is 0. The van der Waals surface area contributed by atoms with Gasteiger partial charge in [0.25, 0.3) is 0 Å². The minimum atomic E-state index is -0.00192. The van der Waals surface area contributed by atoms with Gasteiger partial charge in [0.05, 0.1) is 6.10 Å². The largest absolute Gasteiger partial charge is 0.491 e. The van der Waals surface area contributed by atoms with E-state index in [2.05, 4.69) is 5.32 Å². The van der Waals surface area contributed by atoms with Crippen LogP contribution >= 0.6 is 0 Å². The van der Waals surface area contributed by atoms with E-state index in [-0.39, 0.29) is 18.1 Å². The van der Waals surface area contributed by atoms with Crippen molar-refractivity contribution in [3.63, 3.8) is 0 Å². The lowest BCUT2D eigenvalue weighted by atomic mass is 10.1. The summed E-state index contributed by atoms with van der Waals surface area (Å²) in [6.45, 7) is 7.82. The number of rotatable bonds is 6. The molecule has 106 valence electrons. The van der Waals surface area contributed by atoms with Crippen LogP contribution in [0.25, 0.3) is 0 Å². The zero-order valence-corrected chi connectivity index (χ0v) is 12.2. The normalized spacial score (nSPS) is 12.3. The van der Waals surface area contributed by atoms with Crippen molar-refractivity contribution in [1.82, 2.24) is 0 Å². The number of carbonyl (C=O) groups is 1. The number of carbonyl (C=O) groups excluding carboxylic acids is 1. The summed E-state index contributed by atoms with van der Waals surface area (Å²) < 4.78 is 5.60. The highest BCUT2D eigenvalue weighted by Crippen LogP contribution is 2.22. The first-order chi connectivity index (χ1) is 8.88. The monoisotopic (exact) mass is 264 g/mol. The summed E-state index contributed by atoms with van der Waals surface area (Å²) in [6.07, 6.45) is 1.28. The van der Waals surface area contributed by atoms with Crippen molar-refractivity contribution >= 4 is 11.6 Å². The first-order valence-electron chi connectivity index (χ1n) is 6.71. The lowest BCUT2D eigenvalue weighted by Gasteiger charge is -2.13. The molecule has 0 fully saturated rings. The van der Waals surface area contributed by atoms with Crippen LogP contribution < -0.4 is 15.8 Å². The van der Waals surface area contributed by atoms with Crippen molar-refractivity contribution in [1.29, 1.82) is 0 Å². The Kier molecular flexibility index (Phi) is 5.83. The van der Waals surface area contributed by atoms with E-state index in [0.29, 0.717) is 12.8 Å². The molecule has 1 aromatic rings. The molecular weight excluding hydrogens is 240 g/mol. The molecule has 1 amide bonds. The van der Waals surface area contributed by atoms with Gasteiger partial charge in [-0.3, -0.25) is 4.79 Å². The molecule has 19 heavy (non-hydrogen) atoms. The van der Waals surface area contributed by atoms with Crippen molar-refractivity contribution < 1.29 is 9.53 Å². The number of nitrogens with two attached hydrogens (primary N) is 1. The fourth-order valence-corrected chi connectivity index (χ4v) is 1.69. The van der Waals surface area contributed by atoms with Crippen molar-refractivity contribution in [2.45, 2.75) is 52.7 Å². The summed E-state index contributed by atoms with van der Waals surface area (Å²) in [7, 11) is 0. The third-order valence-electron chi connectivity index (χ3n) is 2.67. The van der Waals surface area contributed by atoms with E-state index in [1.165, 1.54) is 0 Å². The van der Waals surface area contributed by atoms with Gasteiger partial charge < -0.3 is 15.8 Å². The third kappa shape index (κ3) is 5.75. The molecule has 0 saturated heterocycles. The van der Waals surface area contributed by atoms with Gasteiger partial charge >= 0.3 is 0 Å². The standard InChI is InChI=1S/C15H24N2O2/c1-10(2)19-13-6-7-14(11(3)9-13)17-15(18)8-5-12(4)16/h6-7,9-10,12H,5,8,16H2,1-4H3,(H,17,18). The van der Waals surface area contributed by atoms with E-state index in [4.69, 9.17) is 10.5 Å². The Labute approximate surface area is 115 Å². The molecule has 1 aromatic carbocycles. The average molecular weight is 264 g/mol.